The van der Waals surface area contributed by atoms with Gasteiger partial charge in [-0.05, 0) is 48.9 Å². The summed E-state index contributed by atoms with van der Waals surface area (Å²) in [6.45, 7) is 0. The Morgan fingerprint density at radius 2 is 2.06 bits per heavy atom. The van der Waals surface area contributed by atoms with Crippen LogP contribution in [-0.4, -0.2) is 11.2 Å². The molecule has 0 amide bonds. The average Bonchev–Trinajstić information content (AvgIpc) is 2.48. The van der Waals surface area contributed by atoms with E-state index in [0.29, 0.717) is 22.9 Å². The lowest BCUT2D eigenvalue weighted by Crippen LogP contribution is -2.13. The molecule has 1 aliphatic rings. The van der Waals surface area contributed by atoms with E-state index in [1.807, 2.05) is 0 Å². The fraction of sp³-hybridized carbons (Fsp3) is 0.571. The molecule has 2 rings (SSSR count). The summed E-state index contributed by atoms with van der Waals surface area (Å²) in [5, 5.41) is 10.3. The first-order valence-electron chi connectivity index (χ1n) is 6.27. The molecule has 1 N–H and O–H groups in total. The van der Waals surface area contributed by atoms with E-state index in [-0.39, 0.29) is 11.9 Å². The van der Waals surface area contributed by atoms with Gasteiger partial charge in [-0.25, -0.2) is 4.39 Å². The molecule has 0 saturated heterocycles. The van der Waals surface area contributed by atoms with Gasteiger partial charge in [0, 0.05) is 5.02 Å². The molecule has 94 valence electrons. The average molecular weight is 257 g/mol. The van der Waals surface area contributed by atoms with Crippen LogP contribution in [0.15, 0.2) is 18.2 Å². The summed E-state index contributed by atoms with van der Waals surface area (Å²) >= 11 is 5.88. The zero-order valence-electron chi connectivity index (χ0n) is 9.83. The highest BCUT2D eigenvalue weighted by molar-refractivity contribution is 6.30. The van der Waals surface area contributed by atoms with E-state index in [1.165, 1.54) is 6.07 Å². The Labute approximate surface area is 107 Å². The van der Waals surface area contributed by atoms with Crippen molar-refractivity contribution in [3.8, 4) is 0 Å². The molecule has 1 nitrogen and oxygen atoms in total. The number of hydrogen-bond donors (Lipinski definition) is 1. The number of halogens is 2. The Hall–Kier alpha value is -0.600. The monoisotopic (exact) mass is 256 g/mol. The maximum atomic E-state index is 13.6. The first-order chi connectivity index (χ1) is 8.15. The molecular weight excluding hydrogens is 239 g/mol. The van der Waals surface area contributed by atoms with Crippen LogP contribution in [0, 0.1) is 11.7 Å². The summed E-state index contributed by atoms with van der Waals surface area (Å²) in [6.07, 6.45) is 5.41. The van der Waals surface area contributed by atoms with Gasteiger partial charge in [-0.1, -0.05) is 30.9 Å². The zero-order chi connectivity index (χ0) is 12.3. The van der Waals surface area contributed by atoms with Crippen LogP contribution in [0.25, 0.3) is 0 Å². The molecule has 1 saturated carbocycles. The Bertz CT molecular complexity index is 380. The van der Waals surface area contributed by atoms with E-state index < -0.39 is 0 Å². The summed E-state index contributed by atoms with van der Waals surface area (Å²) in [5.41, 5.74) is 0.677. The van der Waals surface area contributed by atoms with Gasteiger partial charge in [0.15, 0.2) is 0 Å². The highest BCUT2D eigenvalue weighted by Gasteiger charge is 2.19. The normalized spacial score (nSPS) is 25.6. The lowest BCUT2D eigenvalue weighted by atomic mass is 9.91. The summed E-state index contributed by atoms with van der Waals surface area (Å²) in [4.78, 5) is 0. The largest absolute Gasteiger partial charge is 0.393 e. The summed E-state index contributed by atoms with van der Waals surface area (Å²) in [6, 6.07) is 4.70. The minimum absolute atomic E-state index is 0.187. The van der Waals surface area contributed by atoms with E-state index >= 15 is 0 Å². The summed E-state index contributed by atoms with van der Waals surface area (Å²) in [7, 11) is 0. The smallest absolute Gasteiger partial charge is 0.126 e. The third-order valence-electron chi connectivity index (χ3n) is 3.52. The molecule has 0 spiro atoms. The van der Waals surface area contributed by atoms with Crippen LogP contribution in [0.2, 0.25) is 5.02 Å². The first kappa shape index (κ1) is 12.8. The molecule has 0 aliphatic heterocycles. The van der Waals surface area contributed by atoms with Crippen LogP contribution in [0.1, 0.15) is 37.7 Å². The predicted octanol–water partition coefficient (Wildman–Crippen LogP) is 3.96. The van der Waals surface area contributed by atoms with Crippen molar-refractivity contribution in [3.63, 3.8) is 0 Å². The van der Waals surface area contributed by atoms with Crippen LogP contribution in [0.3, 0.4) is 0 Å². The zero-order valence-corrected chi connectivity index (χ0v) is 10.6. The second kappa shape index (κ2) is 5.83. The van der Waals surface area contributed by atoms with Gasteiger partial charge in [0.1, 0.15) is 5.82 Å². The molecule has 17 heavy (non-hydrogen) atoms. The standard InChI is InChI=1S/C14H18ClFO/c15-12-5-6-14(16)11(9-12)7-10-3-1-2-4-13(17)8-10/h5-6,9-10,13,17H,1-4,7-8H2. The predicted molar refractivity (Wildman–Crippen MR) is 67.7 cm³/mol. The third kappa shape index (κ3) is 3.68. The van der Waals surface area contributed by atoms with Crippen molar-refractivity contribution in [2.75, 3.05) is 0 Å². The second-order valence-electron chi connectivity index (χ2n) is 4.98. The van der Waals surface area contributed by atoms with E-state index in [1.54, 1.807) is 12.1 Å². The molecule has 1 aromatic carbocycles. The quantitative estimate of drug-likeness (QED) is 0.794. The van der Waals surface area contributed by atoms with E-state index in [0.717, 1.165) is 32.1 Å². The fourth-order valence-corrected chi connectivity index (χ4v) is 2.82. The maximum absolute atomic E-state index is 13.6. The van der Waals surface area contributed by atoms with Gasteiger partial charge in [-0.3, -0.25) is 0 Å². The van der Waals surface area contributed by atoms with Gasteiger partial charge in [-0.2, -0.15) is 0 Å². The maximum Gasteiger partial charge on any atom is 0.126 e. The van der Waals surface area contributed by atoms with Gasteiger partial charge in [0.25, 0.3) is 0 Å². The van der Waals surface area contributed by atoms with Crippen molar-refractivity contribution in [2.45, 2.75) is 44.6 Å². The van der Waals surface area contributed by atoms with Crippen LogP contribution < -0.4 is 0 Å². The van der Waals surface area contributed by atoms with Crippen molar-refractivity contribution >= 4 is 11.6 Å². The van der Waals surface area contributed by atoms with Crippen molar-refractivity contribution in [2.24, 2.45) is 5.92 Å². The van der Waals surface area contributed by atoms with Crippen LogP contribution >= 0.6 is 11.6 Å². The van der Waals surface area contributed by atoms with Crippen molar-refractivity contribution < 1.29 is 9.50 Å². The molecule has 1 aromatic rings. The van der Waals surface area contributed by atoms with Gasteiger partial charge >= 0.3 is 0 Å². The Kier molecular flexibility index (Phi) is 4.41. The second-order valence-corrected chi connectivity index (χ2v) is 5.42. The van der Waals surface area contributed by atoms with Crippen molar-refractivity contribution in [1.82, 2.24) is 0 Å². The number of hydrogen-bond acceptors (Lipinski definition) is 1. The number of aliphatic hydroxyl groups excluding tert-OH is 1. The molecule has 0 radical (unpaired) electrons. The minimum Gasteiger partial charge on any atom is -0.393 e. The topological polar surface area (TPSA) is 20.2 Å². The lowest BCUT2D eigenvalue weighted by Gasteiger charge is -2.16. The van der Waals surface area contributed by atoms with Crippen molar-refractivity contribution in [1.29, 1.82) is 0 Å². The number of aliphatic hydroxyl groups is 1. The van der Waals surface area contributed by atoms with E-state index in [2.05, 4.69) is 0 Å². The molecule has 1 fully saturated rings. The molecule has 2 unspecified atom stereocenters. The van der Waals surface area contributed by atoms with Gasteiger partial charge < -0.3 is 5.11 Å². The van der Waals surface area contributed by atoms with E-state index in [9.17, 15) is 9.50 Å². The molecule has 0 bridgehead atoms. The summed E-state index contributed by atoms with van der Waals surface area (Å²) < 4.78 is 13.6. The molecule has 3 heteroatoms. The molecular formula is C14H18ClFO. The Balaban J connectivity index is 2.06. The third-order valence-corrected chi connectivity index (χ3v) is 3.76. The highest BCUT2D eigenvalue weighted by Crippen LogP contribution is 2.28. The fourth-order valence-electron chi connectivity index (χ4n) is 2.63. The minimum atomic E-state index is -0.218. The van der Waals surface area contributed by atoms with Gasteiger partial charge in [0.2, 0.25) is 0 Å². The van der Waals surface area contributed by atoms with Gasteiger partial charge in [0.05, 0.1) is 6.10 Å². The van der Waals surface area contributed by atoms with Crippen LogP contribution in [-0.2, 0) is 6.42 Å². The molecule has 1 aliphatic carbocycles. The van der Waals surface area contributed by atoms with Gasteiger partial charge in [-0.15, -0.1) is 0 Å². The molecule has 0 heterocycles. The molecule has 0 aromatic heterocycles. The van der Waals surface area contributed by atoms with Crippen LogP contribution in [0.4, 0.5) is 4.39 Å². The Morgan fingerprint density at radius 3 is 2.88 bits per heavy atom. The van der Waals surface area contributed by atoms with Crippen molar-refractivity contribution in [3.05, 3.63) is 34.6 Å². The SMILES string of the molecule is OC1CCCCC(Cc2cc(Cl)ccc2F)C1. The Morgan fingerprint density at radius 1 is 1.29 bits per heavy atom. The van der Waals surface area contributed by atoms with Crippen LogP contribution in [0.5, 0.6) is 0 Å². The lowest BCUT2D eigenvalue weighted by molar-refractivity contribution is 0.141. The summed E-state index contributed by atoms with van der Waals surface area (Å²) in [5.74, 6) is 0.189. The number of rotatable bonds is 2. The first-order valence-corrected chi connectivity index (χ1v) is 6.65. The van der Waals surface area contributed by atoms with E-state index in [4.69, 9.17) is 11.6 Å². The molecule has 2 atom stereocenters. The highest BCUT2D eigenvalue weighted by atomic mass is 35.5. The number of benzene rings is 1.